The Morgan fingerprint density at radius 2 is 1.41 bits per heavy atom. The lowest BCUT2D eigenvalue weighted by molar-refractivity contribution is 0.0249. The molecule has 2 heteroatoms. The Labute approximate surface area is 210 Å². The molecular weight excluding hydrogens is 416 g/mol. The summed E-state index contributed by atoms with van der Waals surface area (Å²) < 4.78 is 6.02. The van der Waals surface area contributed by atoms with Crippen molar-refractivity contribution in [2.45, 2.75) is 118 Å². The maximum Gasteiger partial charge on any atom is 0.122 e. The molecule has 190 valence electrons. The topological polar surface area (TPSA) is 29.5 Å². The minimum atomic E-state index is -0.256. The van der Waals surface area contributed by atoms with Gasteiger partial charge in [-0.1, -0.05) is 78.3 Å². The molecule has 0 fully saturated rings. The lowest BCUT2D eigenvalue weighted by Crippen LogP contribution is -2.31. The maximum atomic E-state index is 10.8. The van der Waals surface area contributed by atoms with Gasteiger partial charge in [0, 0.05) is 5.41 Å². The van der Waals surface area contributed by atoms with E-state index < -0.39 is 0 Å². The summed E-state index contributed by atoms with van der Waals surface area (Å²) in [6, 6.07) is 13.8. The van der Waals surface area contributed by atoms with Crippen LogP contribution in [0.15, 0.2) is 36.4 Å². The number of unbranched alkanes of at least 4 members (excludes halogenated alkanes) is 1. The van der Waals surface area contributed by atoms with Gasteiger partial charge in [0.05, 0.1) is 12.7 Å². The van der Waals surface area contributed by atoms with E-state index in [0.29, 0.717) is 0 Å². The molecule has 2 rings (SSSR count). The van der Waals surface area contributed by atoms with Gasteiger partial charge in [-0.2, -0.15) is 0 Å². The van der Waals surface area contributed by atoms with E-state index in [9.17, 15) is 5.11 Å². The van der Waals surface area contributed by atoms with Crippen LogP contribution in [0.25, 0.3) is 0 Å². The summed E-state index contributed by atoms with van der Waals surface area (Å²) in [6.45, 7) is 18.6. The predicted octanol–water partition coefficient (Wildman–Crippen LogP) is 8.71. The molecule has 0 spiro atoms. The molecule has 34 heavy (non-hydrogen) atoms. The fraction of sp³-hybridized carbons (Fsp3) is 0.625. The standard InChI is InChI=1S/C32H50O2/c1-9-14-21-34-29-19-18-28(23-25(29)7)32(12-4,13-5)27-17-15-26(24(6)22-27)16-20-30(33)31(8,10-2)11-3/h15,17-19,22-23,30,33H,9-14,16,20-21H2,1-8H3. The second kappa shape index (κ2) is 12.8. The Morgan fingerprint density at radius 1 is 0.824 bits per heavy atom. The molecule has 0 radical (unpaired) electrons. The molecule has 0 heterocycles. The average Bonchev–Trinajstić information content (AvgIpc) is 2.85. The Balaban J connectivity index is 2.29. The number of benzene rings is 2. The van der Waals surface area contributed by atoms with Crippen LogP contribution in [0.1, 0.15) is 114 Å². The predicted molar refractivity (Wildman–Crippen MR) is 147 cm³/mol. The molecule has 0 bridgehead atoms. The van der Waals surface area contributed by atoms with Gasteiger partial charge in [-0.05, 0) is 98.1 Å². The van der Waals surface area contributed by atoms with Crippen LogP contribution in [0.3, 0.4) is 0 Å². The summed E-state index contributed by atoms with van der Waals surface area (Å²) in [7, 11) is 0. The van der Waals surface area contributed by atoms with Crippen LogP contribution in [0.2, 0.25) is 0 Å². The fourth-order valence-electron chi connectivity index (χ4n) is 5.30. The van der Waals surface area contributed by atoms with E-state index in [-0.39, 0.29) is 16.9 Å². The maximum absolute atomic E-state index is 10.8. The van der Waals surface area contributed by atoms with Gasteiger partial charge in [-0.25, -0.2) is 0 Å². The molecule has 0 aromatic heterocycles. The van der Waals surface area contributed by atoms with E-state index in [1.165, 1.54) is 27.8 Å². The highest BCUT2D eigenvalue weighted by Crippen LogP contribution is 2.41. The fourth-order valence-corrected chi connectivity index (χ4v) is 5.30. The number of hydrogen-bond acceptors (Lipinski definition) is 2. The Kier molecular flexibility index (Phi) is 10.7. The van der Waals surface area contributed by atoms with Crippen LogP contribution >= 0.6 is 0 Å². The largest absolute Gasteiger partial charge is 0.493 e. The molecule has 0 aliphatic rings. The van der Waals surface area contributed by atoms with Gasteiger partial charge >= 0.3 is 0 Å². The van der Waals surface area contributed by atoms with E-state index >= 15 is 0 Å². The van der Waals surface area contributed by atoms with Crippen LogP contribution < -0.4 is 4.74 Å². The van der Waals surface area contributed by atoms with Gasteiger partial charge in [-0.3, -0.25) is 0 Å². The molecule has 1 unspecified atom stereocenters. The van der Waals surface area contributed by atoms with Crippen LogP contribution in [0.5, 0.6) is 5.75 Å². The Bertz CT molecular complexity index is 890. The third-order valence-electron chi connectivity index (χ3n) is 8.69. The molecule has 0 saturated carbocycles. The molecule has 1 N–H and O–H groups in total. The number of aliphatic hydroxyl groups excluding tert-OH is 1. The van der Waals surface area contributed by atoms with Crippen LogP contribution in [-0.2, 0) is 11.8 Å². The Hall–Kier alpha value is -1.80. The quantitative estimate of drug-likeness (QED) is 0.282. The van der Waals surface area contributed by atoms with Gasteiger partial charge in [0.15, 0.2) is 0 Å². The van der Waals surface area contributed by atoms with E-state index in [1.54, 1.807) is 0 Å². The second-order valence-electron chi connectivity index (χ2n) is 10.5. The number of hydrogen-bond donors (Lipinski definition) is 1. The molecule has 0 aliphatic carbocycles. The highest BCUT2D eigenvalue weighted by molar-refractivity contribution is 5.47. The van der Waals surface area contributed by atoms with Crippen LogP contribution in [-0.4, -0.2) is 17.8 Å². The van der Waals surface area contributed by atoms with Crippen molar-refractivity contribution in [1.29, 1.82) is 0 Å². The van der Waals surface area contributed by atoms with Crippen molar-refractivity contribution in [2.24, 2.45) is 5.41 Å². The summed E-state index contributed by atoms with van der Waals surface area (Å²) in [4.78, 5) is 0. The molecule has 0 aliphatic heterocycles. The number of ether oxygens (including phenoxy) is 1. The van der Waals surface area contributed by atoms with Crippen molar-refractivity contribution < 1.29 is 9.84 Å². The minimum Gasteiger partial charge on any atom is -0.493 e. The third-order valence-corrected chi connectivity index (χ3v) is 8.69. The molecule has 0 saturated heterocycles. The molecule has 1 atom stereocenters. The summed E-state index contributed by atoms with van der Waals surface area (Å²) in [5, 5.41) is 10.8. The number of aliphatic hydroxyl groups is 1. The smallest absolute Gasteiger partial charge is 0.122 e. The lowest BCUT2D eigenvalue weighted by atomic mass is 9.69. The van der Waals surface area contributed by atoms with Crippen molar-refractivity contribution >= 4 is 0 Å². The lowest BCUT2D eigenvalue weighted by Gasteiger charge is -2.35. The zero-order valence-corrected chi connectivity index (χ0v) is 23.3. The van der Waals surface area contributed by atoms with Crippen LogP contribution in [0, 0.1) is 19.3 Å². The first-order valence-electron chi connectivity index (χ1n) is 13.7. The van der Waals surface area contributed by atoms with Crippen molar-refractivity contribution in [3.63, 3.8) is 0 Å². The van der Waals surface area contributed by atoms with E-state index in [0.717, 1.165) is 63.7 Å². The molecule has 2 aromatic carbocycles. The van der Waals surface area contributed by atoms with Crippen molar-refractivity contribution in [3.8, 4) is 5.75 Å². The molecule has 2 nitrogen and oxygen atoms in total. The molecular formula is C32H50O2. The van der Waals surface area contributed by atoms with E-state index in [4.69, 9.17) is 4.74 Å². The SMILES string of the molecule is CCCCOc1ccc(C(CC)(CC)c2ccc(CCC(O)C(C)(CC)CC)c(C)c2)cc1C. The summed E-state index contributed by atoms with van der Waals surface area (Å²) in [6.07, 6.45) is 7.88. The van der Waals surface area contributed by atoms with Crippen molar-refractivity contribution in [2.75, 3.05) is 6.61 Å². The van der Waals surface area contributed by atoms with E-state index in [2.05, 4.69) is 91.8 Å². The molecule has 2 aromatic rings. The third kappa shape index (κ3) is 6.25. The van der Waals surface area contributed by atoms with Gasteiger partial charge in [0.25, 0.3) is 0 Å². The Morgan fingerprint density at radius 3 is 1.91 bits per heavy atom. The molecule has 0 amide bonds. The first-order chi connectivity index (χ1) is 16.2. The zero-order chi connectivity index (χ0) is 25.4. The average molecular weight is 467 g/mol. The van der Waals surface area contributed by atoms with Gasteiger partial charge in [-0.15, -0.1) is 0 Å². The van der Waals surface area contributed by atoms with Gasteiger partial charge in [0.1, 0.15) is 5.75 Å². The highest BCUT2D eigenvalue weighted by Gasteiger charge is 2.32. The summed E-state index contributed by atoms with van der Waals surface area (Å²) in [5.41, 5.74) is 6.69. The minimum absolute atomic E-state index is 0.00148. The number of rotatable bonds is 14. The van der Waals surface area contributed by atoms with Crippen LogP contribution in [0.4, 0.5) is 0 Å². The highest BCUT2D eigenvalue weighted by atomic mass is 16.5. The zero-order valence-electron chi connectivity index (χ0n) is 23.3. The van der Waals surface area contributed by atoms with Crippen molar-refractivity contribution in [3.05, 3.63) is 64.2 Å². The first-order valence-corrected chi connectivity index (χ1v) is 13.7. The van der Waals surface area contributed by atoms with E-state index in [1.807, 2.05) is 0 Å². The first kappa shape index (κ1) is 28.4. The summed E-state index contributed by atoms with van der Waals surface area (Å²) in [5.74, 6) is 1.01. The summed E-state index contributed by atoms with van der Waals surface area (Å²) >= 11 is 0. The second-order valence-corrected chi connectivity index (χ2v) is 10.5. The van der Waals surface area contributed by atoms with Gasteiger partial charge in [0.2, 0.25) is 0 Å². The normalized spacial score (nSPS) is 13.2. The monoisotopic (exact) mass is 466 g/mol. The number of aryl methyl sites for hydroxylation is 3. The van der Waals surface area contributed by atoms with Gasteiger partial charge < -0.3 is 9.84 Å². The van der Waals surface area contributed by atoms with Crippen molar-refractivity contribution in [1.82, 2.24) is 0 Å².